The number of rotatable bonds is 4. The van der Waals surface area contributed by atoms with E-state index in [1.807, 2.05) is 13.0 Å². The highest BCUT2D eigenvalue weighted by Gasteiger charge is 2.27. The second-order valence-corrected chi connectivity index (χ2v) is 6.06. The fraction of sp³-hybridized carbons (Fsp3) is 0.143. The molecule has 0 saturated heterocycles. The van der Waals surface area contributed by atoms with E-state index in [-0.39, 0.29) is 22.7 Å². The summed E-state index contributed by atoms with van der Waals surface area (Å²) in [6.07, 6.45) is 0.735. The zero-order valence-corrected chi connectivity index (χ0v) is 15.1. The molecule has 0 radical (unpaired) electrons. The highest BCUT2D eigenvalue weighted by atomic mass is 19.1. The maximum Gasteiger partial charge on any atom is 0.264 e. The standard InChI is InChI=1S/C21H17FN4O2/c1-2-11-24-21(28)17(12-23)18-15-5-3-4-6-16(15)19(25-18)26-20(27)13-7-9-14(22)10-8-13/h3-10H,2,11H2,1H3,(H,24,28)(H,25,26,27). The molecule has 0 aliphatic carbocycles. The number of carbonyl (C=O) groups is 2. The van der Waals surface area contributed by atoms with E-state index in [0.717, 1.165) is 6.42 Å². The number of nitriles is 1. The highest BCUT2D eigenvalue weighted by Crippen LogP contribution is 2.30. The quantitative estimate of drug-likeness (QED) is 0.635. The Balaban J connectivity index is 1.97. The fourth-order valence-electron chi connectivity index (χ4n) is 2.73. The van der Waals surface area contributed by atoms with Gasteiger partial charge in [-0.1, -0.05) is 31.2 Å². The van der Waals surface area contributed by atoms with Crippen LogP contribution in [0.3, 0.4) is 0 Å². The van der Waals surface area contributed by atoms with Gasteiger partial charge in [-0.15, -0.1) is 0 Å². The molecule has 0 unspecified atom stereocenters. The van der Waals surface area contributed by atoms with Crippen LogP contribution in [0.4, 0.5) is 4.39 Å². The molecule has 7 heteroatoms. The minimum atomic E-state index is -0.510. The van der Waals surface area contributed by atoms with Gasteiger partial charge in [0.2, 0.25) is 0 Å². The van der Waals surface area contributed by atoms with Crippen LogP contribution in [0.2, 0.25) is 0 Å². The molecule has 1 heterocycles. The average molecular weight is 376 g/mol. The van der Waals surface area contributed by atoms with Gasteiger partial charge in [-0.3, -0.25) is 9.59 Å². The number of amides is 2. The summed E-state index contributed by atoms with van der Waals surface area (Å²) in [5.41, 5.74) is 1.54. The Labute approximate surface area is 161 Å². The van der Waals surface area contributed by atoms with Gasteiger partial charge in [-0.25, -0.2) is 9.38 Å². The summed E-state index contributed by atoms with van der Waals surface area (Å²) >= 11 is 0. The first-order valence-electron chi connectivity index (χ1n) is 8.73. The number of amidine groups is 1. The molecule has 28 heavy (non-hydrogen) atoms. The lowest BCUT2D eigenvalue weighted by Gasteiger charge is -2.06. The predicted molar refractivity (Wildman–Crippen MR) is 103 cm³/mol. The summed E-state index contributed by atoms with van der Waals surface area (Å²) in [5.74, 6) is -1.19. The summed E-state index contributed by atoms with van der Waals surface area (Å²) in [6, 6.07) is 14.0. The molecule has 0 spiro atoms. The Morgan fingerprint density at radius 3 is 2.43 bits per heavy atom. The van der Waals surface area contributed by atoms with E-state index in [1.54, 1.807) is 24.3 Å². The number of nitrogens with zero attached hydrogens (tertiary/aromatic N) is 2. The lowest BCUT2D eigenvalue weighted by Crippen LogP contribution is -2.30. The Kier molecular flexibility index (Phi) is 5.61. The smallest absolute Gasteiger partial charge is 0.264 e. The fourth-order valence-corrected chi connectivity index (χ4v) is 2.73. The molecule has 2 aromatic rings. The second-order valence-electron chi connectivity index (χ2n) is 6.06. The largest absolute Gasteiger partial charge is 0.351 e. The van der Waals surface area contributed by atoms with E-state index in [0.29, 0.717) is 17.7 Å². The number of aliphatic imine (C=N–C) groups is 1. The van der Waals surface area contributed by atoms with Crippen molar-refractivity contribution in [2.45, 2.75) is 13.3 Å². The number of nitrogens with one attached hydrogen (secondary N) is 2. The van der Waals surface area contributed by atoms with Gasteiger partial charge in [0, 0.05) is 23.2 Å². The van der Waals surface area contributed by atoms with E-state index in [2.05, 4.69) is 15.6 Å². The van der Waals surface area contributed by atoms with Crippen LogP contribution < -0.4 is 10.6 Å². The SMILES string of the molecule is CCCNC(=O)C(C#N)=C1N=C(NC(=O)c2ccc(F)cc2)c2ccccc21. The van der Waals surface area contributed by atoms with Crippen LogP contribution >= 0.6 is 0 Å². The molecule has 0 atom stereocenters. The second kappa shape index (κ2) is 8.27. The van der Waals surface area contributed by atoms with Crippen LogP contribution in [0.15, 0.2) is 59.1 Å². The number of hydrogen-bond acceptors (Lipinski definition) is 4. The molecule has 6 nitrogen and oxygen atoms in total. The van der Waals surface area contributed by atoms with Crippen molar-refractivity contribution in [3.05, 3.63) is 76.6 Å². The number of fused-ring (bicyclic) bond motifs is 1. The Bertz CT molecular complexity index is 1030. The monoisotopic (exact) mass is 376 g/mol. The van der Waals surface area contributed by atoms with E-state index in [1.165, 1.54) is 24.3 Å². The average Bonchev–Trinajstić information content (AvgIpc) is 3.06. The third-order valence-corrected chi connectivity index (χ3v) is 4.11. The van der Waals surface area contributed by atoms with Gasteiger partial charge in [0.15, 0.2) is 0 Å². The topological polar surface area (TPSA) is 94.3 Å². The van der Waals surface area contributed by atoms with Crippen molar-refractivity contribution in [1.29, 1.82) is 5.26 Å². The molecule has 0 fully saturated rings. The highest BCUT2D eigenvalue weighted by molar-refractivity contribution is 6.20. The molecule has 2 amide bonds. The third-order valence-electron chi connectivity index (χ3n) is 4.11. The molecule has 2 N–H and O–H groups in total. The maximum absolute atomic E-state index is 13.1. The van der Waals surface area contributed by atoms with Gasteiger partial charge in [0.05, 0.1) is 5.70 Å². The van der Waals surface area contributed by atoms with Crippen LogP contribution in [-0.2, 0) is 4.79 Å². The third kappa shape index (κ3) is 3.81. The minimum Gasteiger partial charge on any atom is -0.351 e. The minimum absolute atomic E-state index is 0.119. The first-order chi connectivity index (χ1) is 13.5. The van der Waals surface area contributed by atoms with Crippen molar-refractivity contribution in [2.75, 3.05) is 6.54 Å². The first kappa shape index (κ1) is 19.0. The van der Waals surface area contributed by atoms with Crippen LogP contribution in [0.1, 0.15) is 34.8 Å². The summed E-state index contributed by atoms with van der Waals surface area (Å²) in [4.78, 5) is 29.1. The van der Waals surface area contributed by atoms with Crippen molar-refractivity contribution in [3.8, 4) is 6.07 Å². The summed E-state index contributed by atoms with van der Waals surface area (Å²) in [6.45, 7) is 2.35. The van der Waals surface area contributed by atoms with Crippen LogP contribution in [0.25, 0.3) is 5.70 Å². The van der Waals surface area contributed by atoms with Crippen molar-refractivity contribution in [1.82, 2.24) is 10.6 Å². The number of hydrogen-bond donors (Lipinski definition) is 2. The van der Waals surface area contributed by atoms with Crippen LogP contribution in [0.5, 0.6) is 0 Å². The molecule has 3 rings (SSSR count). The number of halogens is 1. The predicted octanol–water partition coefficient (Wildman–Crippen LogP) is 2.78. The van der Waals surface area contributed by atoms with Crippen molar-refractivity contribution in [2.24, 2.45) is 4.99 Å². The van der Waals surface area contributed by atoms with Crippen LogP contribution in [0, 0.1) is 17.1 Å². The zero-order valence-electron chi connectivity index (χ0n) is 15.1. The molecule has 140 valence electrons. The molecule has 1 aliphatic rings. The van der Waals surface area contributed by atoms with Crippen molar-refractivity contribution in [3.63, 3.8) is 0 Å². The van der Waals surface area contributed by atoms with Gasteiger partial charge in [-0.05, 0) is 30.7 Å². The van der Waals surface area contributed by atoms with E-state index < -0.39 is 17.6 Å². The number of carbonyl (C=O) groups excluding carboxylic acids is 2. The van der Waals surface area contributed by atoms with E-state index in [4.69, 9.17) is 0 Å². The molecule has 0 bridgehead atoms. The van der Waals surface area contributed by atoms with Gasteiger partial charge in [0.25, 0.3) is 11.8 Å². The van der Waals surface area contributed by atoms with E-state index in [9.17, 15) is 19.2 Å². The summed E-state index contributed by atoms with van der Waals surface area (Å²) in [7, 11) is 0. The maximum atomic E-state index is 13.1. The van der Waals surface area contributed by atoms with Gasteiger partial charge in [0.1, 0.15) is 23.3 Å². The molecule has 0 aromatic heterocycles. The number of benzene rings is 2. The normalized spacial score (nSPS) is 13.8. The van der Waals surface area contributed by atoms with E-state index >= 15 is 0 Å². The Morgan fingerprint density at radius 2 is 1.79 bits per heavy atom. The molecule has 0 saturated carbocycles. The van der Waals surface area contributed by atoms with Gasteiger partial charge < -0.3 is 10.6 Å². The first-order valence-corrected chi connectivity index (χ1v) is 8.73. The lowest BCUT2D eigenvalue weighted by atomic mass is 10.0. The van der Waals surface area contributed by atoms with Crippen molar-refractivity contribution >= 4 is 23.3 Å². The molecule has 2 aromatic carbocycles. The van der Waals surface area contributed by atoms with Crippen molar-refractivity contribution < 1.29 is 14.0 Å². The Morgan fingerprint density at radius 1 is 1.11 bits per heavy atom. The van der Waals surface area contributed by atoms with Gasteiger partial charge in [-0.2, -0.15) is 5.26 Å². The lowest BCUT2D eigenvalue weighted by molar-refractivity contribution is -0.117. The summed E-state index contributed by atoms with van der Waals surface area (Å²) < 4.78 is 13.1. The summed E-state index contributed by atoms with van der Waals surface area (Å²) in [5, 5.41) is 14.8. The zero-order chi connectivity index (χ0) is 20.1. The molecular weight excluding hydrogens is 359 g/mol. The molecule has 1 aliphatic heterocycles. The van der Waals surface area contributed by atoms with Crippen LogP contribution in [-0.4, -0.2) is 24.2 Å². The Hall–Kier alpha value is -3.79. The van der Waals surface area contributed by atoms with Gasteiger partial charge >= 0.3 is 0 Å². The molecular formula is C21H17FN4O2.